The summed E-state index contributed by atoms with van der Waals surface area (Å²) >= 11 is 0. The van der Waals surface area contributed by atoms with Gasteiger partial charge in [0.2, 0.25) is 0 Å². The van der Waals surface area contributed by atoms with Crippen molar-refractivity contribution in [2.24, 2.45) is 0 Å². The quantitative estimate of drug-likeness (QED) is 0.210. The van der Waals surface area contributed by atoms with Crippen LogP contribution in [0.5, 0.6) is 0 Å². The third-order valence-corrected chi connectivity index (χ3v) is 0. The van der Waals surface area contributed by atoms with Crippen molar-refractivity contribution in [2.75, 3.05) is 0 Å². The van der Waals surface area contributed by atoms with Gasteiger partial charge in [-0.3, -0.25) is 8.42 Å². The normalized spacial score (nSPS) is 6.44. The Balaban J connectivity index is -0.0000000133. The molecule has 0 saturated carbocycles. The molecule has 0 aromatic rings. The van der Waals surface area contributed by atoms with E-state index in [1.54, 1.807) is 0 Å². The van der Waals surface area contributed by atoms with Crippen molar-refractivity contribution in [3.8, 4) is 0 Å². The second-order valence-corrected chi connectivity index (χ2v) is 1.22. The monoisotopic (exact) mass is 180 g/mol. The minimum absolute atomic E-state index is 0. The Labute approximate surface area is 123 Å². The predicted octanol–water partition coefficient (Wildman–Crippen LogP) is -11.8. The summed E-state index contributed by atoms with van der Waals surface area (Å²) in [4.78, 5) is 0. The maximum Gasteiger partial charge on any atom is 1.00 e. The van der Waals surface area contributed by atoms with Gasteiger partial charge in [-0.05, 0) is 0 Å². The van der Waals surface area contributed by atoms with Gasteiger partial charge in [0.25, 0.3) is 0 Å². The zero-order chi connectivity index (χ0) is 4.50. The maximum absolute atomic E-state index is 8.52. The molecule has 0 atom stereocenters. The second kappa shape index (κ2) is 13.5. The minimum atomic E-state index is -5.17. The molecule has 9 heteroatoms. The Morgan fingerprint density at radius 1 is 0.889 bits per heavy atom. The second-order valence-electron chi connectivity index (χ2n) is 0.408. The SMILES string of the molecule is O=S(=O)([O-])[O-].[BH4-].[Na+].[Na+].[Na+]. The largest absolute Gasteiger partial charge is 1.00 e. The topological polar surface area (TPSA) is 80.3 Å². The van der Waals surface area contributed by atoms with Crippen LogP contribution in [-0.2, 0) is 10.4 Å². The van der Waals surface area contributed by atoms with Gasteiger partial charge in [-0.25, -0.2) is 0 Å². The molecule has 0 radical (unpaired) electrons. The predicted molar refractivity (Wildman–Crippen MR) is 21.8 cm³/mol. The van der Waals surface area contributed by atoms with E-state index in [0.717, 1.165) is 0 Å². The summed E-state index contributed by atoms with van der Waals surface area (Å²) in [6.45, 7) is 0. The molecule has 0 fully saturated rings. The minimum Gasteiger partial charge on any atom is -0.759 e. The van der Waals surface area contributed by atoms with E-state index in [2.05, 4.69) is 0 Å². The van der Waals surface area contributed by atoms with E-state index in [-0.39, 0.29) is 97.1 Å². The van der Waals surface area contributed by atoms with E-state index < -0.39 is 10.4 Å². The van der Waals surface area contributed by atoms with Gasteiger partial charge in [-0.2, -0.15) is 0 Å². The van der Waals surface area contributed by atoms with Crippen molar-refractivity contribution in [1.82, 2.24) is 0 Å². The third kappa shape index (κ3) is 101. The van der Waals surface area contributed by atoms with Crippen LogP contribution in [0.15, 0.2) is 0 Å². The van der Waals surface area contributed by atoms with Gasteiger partial charge in [0.05, 0.1) is 0 Å². The molecule has 0 unspecified atom stereocenters. The molecule has 4 nitrogen and oxygen atoms in total. The fraction of sp³-hybridized carbons (Fsp3) is 0. The van der Waals surface area contributed by atoms with Crippen LogP contribution in [0.2, 0.25) is 0 Å². The number of hydrogen-bond acceptors (Lipinski definition) is 4. The maximum atomic E-state index is 8.52. The van der Waals surface area contributed by atoms with E-state index in [4.69, 9.17) is 17.5 Å². The molecule has 40 valence electrons. The Morgan fingerprint density at radius 2 is 0.889 bits per heavy atom. The number of hydrogen-bond donors (Lipinski definition) is 0. The van der Waals surface area contributed by atoms with Crippen molar-refractivity contribution in [3.05, 3.63) is 0 Å². The molecule has 9 heavy (non-hydrogen) atoms. The molecule has 0 aliphatic carbocycles. The van der Waals surface area contributed by atoms with Crippen molar-refractivity contribution in [1.29, 1.82) is 0 Å². The van der Waals surface area contributed by atoms with Crippen molar-refractivity contribution in [2.45, 2.75) is 0 Å². The Hall–Kier alpha value is 2.93. The Kier molecular flexibility index (Phi) is 44.6. The van der Waals surface area contributed by atoms with Crippen molar-refractivity contribution < 1.29 is 106 Å². The van der Waals surface area contributed by atoms with Crippen LogP contribution in [0.25, 0.3) is 0 Å². The molecular formula is H4BNa3O4S. The Bertz CT molecular complexity index is 99.0. The van der Waals surface area contributed by atoms with E-state index in [1.807, 2.05) is 0 Å². The van der Waals surface area contributed by atoms with Crippen LogP contribution >= 0.6 is 0 Å². The molecule has 0 saturated heterocycles. The fourth-order valence-electron chi connectivity index (χ4n) is 0. The van der Waals surface area contributed by atoms with Gasteiger partial charge in [0.15, 0.2) is 0 Å². The first-order valence-corrected chi connectivity index (χ1v) is 2.00. The standard InChI is InChI=1S/BH4.3Na.H2O4S/c;;;;1-5(2,3)4/h1H4;;;;(H2,1,2,3,4)/q-1;3*+1;/p-2. The first-order valence-electron chi connectivity index (χ1n) is 0.667. The van der Waals surface area contributed by atoms with Crippen LogP contribution in [0, 0.1) is 0 Å². The van der Waals surface area contributed by atoms with Gasteiger partial charge in [-0.15, -0.1) is 0 Å². The molecule has 0 N–H and O–H groups in total. The first-order chi connectivity index (χ1) is 2.00. The van der Waals surface area contributed by atoms with Gasteiger partial charge in [-0.1, -0.05) is 8.41 Å². The zero-order valence-corrected chi connectivity index (χ0v) is 11.9. The molecule has 0 aliphatic heterocycles. The van der Waals surface area contributed by atoms with E-state index in [0.29, 0.717) is 0 Å². The van der Waals surface area contributed by atoms with Gasteiger partial charge < -0.3 is 9.11 Å². The van der Waals surface area contributed by atoms with E-state index >= 15 is 0 Å². The van der Waals surface area contributed by atoms with Gasteiger partial charge >= 0.3 is 88.7 Å². The van der Waals surface area contributed by atoms with Crippen LogP contribution in [-0.4, -0.2) is 25.9 Å². The summed E-state index contributed by atoms with van der Waals surface area (Å²) in [5, 5.41) is 0. The van der Waals surface area contributed by atoms with Crippen molar-refractivity contribution >= 4 is 18.8 Å². The number of rotatable bonds is 0. The third-order valence-electron chi connectivity index (χ3n) is 0. The molecule has 0 bridgehead atoms. The summed E-state index contributed by atoms with van der Waals surface area (Å²) in [5.74, 6) is 0. The first kappa shape index (κ1) is 29.7. The summed E-state index contributed by atoms with van der Waals surface area (Å²) in [5.41, 5.74) is 0. The molecule has 0 spiro atoms. The molecule has 0 aliphatic rings. The van der Waals surface area contributed by atoms with Gasteiger partial charge in [0.1, 0.15) is 0 Å². The average Bonchev–Trinajstić information content (AvgIpc) is 0.722. The summed E-state index contributed by atoms with van der Waals surface area (Å²) in [6, 6.07) is 0. The molecule has 0 amide bonds. The van der Waals surface area contributed by atoms with Crippen molar-refractivity contribution in [3.63, 3.8) is 0 Å². The molecule has 0 rings (SSSR count). The molecule has 0 heterocycles. The fourth-order valence-corrected chi connectivity index (χ4v) is 0. The Morgan fingerprint density at radius 3 is 0.889 bits per heavy atom. The molecular weight excluding hydrogens is 176 g/mol. The van der Waals surface area contributed by atoms with Crippen LogP contribution in [0.4, 0.5) is 0 Å². The summed E-state index contributed by atoms with van der Waals surface area (Å²) < 4.78 is 34.1. The zero-order valence-electron chi connectivity index (χ0n) is 5.04. The average molecular weight is 180 g/mol. The van der Waals surface area contributed by atoms with E-state index in [9.17, 15) is 0 Å². The summed E-state index contributed by atoms with van der Waals surface area (Å²) in [7, 11) is -5.17. The molecule has 0 aromatic heterocycles. The van der Waals surface area contributed by atoms with Crippen LogP contribution in [0.1, 0.15) is 0 Å². The summed E-state index contributed by atoms with van der Waals surface area (Å²) in [6.07, 6.45) is 0. The molecule has 0 aromatic carbocycles. The smallest absolute Gasteiger partial charge is 0.759 e. The van der Waals surface area contributed by atoms with Gasteiger partial charge in [0, 0.05) is 10.4 Å². The van der Waals surface area contributed by atoms with Crippen LogP contribution in [0.3, 0.4) is 0 Å². The van der Waals surface area contributed by atoms with Crippen LogP contribution < -0.4 is 88.7 Å². The van der Waals surface area contributed by atoms with E-state index in [1.165, 1.54) is 0 Å².